The topological polar surface area (TPSA) is 81.2 Å². The lowest BCUT2D eigenvalue weighted by Crippen LogP contribution is -2.30. The summed E-state index contributed by atoms with van der Waals surface area (Å²) in [6.45, 7) is 5.70. The van der Waals surface area contributed by atoms with Crippen molar-refractivity contribution in [1.82, 2.24) is 14.7 Å². The van der Waals surface area contributed by atoms with Gasteiger partial charge in [0.1, 0.15) is 5.15 Å². The lowest BCUT2D eigenvalue weighted by Gasteiger charge is -2.13. The molecule has 2 amide bonds. The van der Waals surface area contributed by atoms with Gasteiger partial charge in [-0.15, -0.1) is 0 Å². The van der Waals surface area contributed by atoms with E-state index in [0.29, 0.717) is 24.7 Å². The maximum Gasteiger partial charge on any atom is 0.246 e. The van der Waals surface area contributed by atoms with Crippen LogP contribution < -0.4 is 5.73 Å². The Morgan fingerprint density at radius 1 is 1.48 bits per heavy atom. The number of aryl methyl sites for hydroxylation is 2. The minimum atomic E-state index is -0.347. The Kier molecular flexibility index (Phi) is 5.82. The number of nitrogens with zero attached hydrogens (tertiary/aromatic N) is 3. The number of likely N-dealkylation sites (tertiary alicyclic amines) is 1. The molecular formula is C16H23ClN4O2. The molecule has 2 N–H and O–H groups in total. The van der Waals surface area contributed by atoms with Gasteiger partial charge in [-0.1, -0.05) is 24.9 Å². The van der Waals surface area contributed by atoms with E-state index in [9.17, 15) is 9.59 Å². The van der Waals surface area contributed by atoms with Crippen molar-refractivity contribution >= 4 is 29.5 Å². The molecule has 7 heteroatoms. The van der Waals surface area contributed by atoms with E-state index in [1.165, 1.54) is 6.08 Å². The Hall–Kier alpha value is -1.82. The lowest BCUT2D eigenvalue weighted by molar-refractivity contribution is -0.125. The molecule has 0 spiro atoms. The van der Waals surface area contributed by atoms with E-state index in [1.54, 1.807) is 15.7 Å². The summed E-state index contributed by atoms with van der Waals surface area (Å²) < 4.78 is 1.77. The fourth-order valence-electron chi connectivity index (χ4n) is 2.67. The second kappa shape index (κ2) is 7.64. The zero-order valence-corrected chi connectivity index (χ0v) is 14.3. The van der Waals surface area contributed by atoms with Crippen molar-refractivity contribution in [3.63, 3.8) is 0 Å². The van der Waals surface area contributed by atoms with Crippen molar-refractivity contribution in [1.29, 1.82) is 0 Å². The third-order valence-corrected chi connectivity index (χ3v) is 4.53. The number of amides is 2. The highest BCUT2D eigenvalue weighted by molar-refractivity contribution is 6.31. The van der Waals surface area contributed by atoms with Gasteiger partial charge in [-0.2, -0.15) is 5.10 Å². The molecule has 1 aromatic heterocycles. The second-order valence-corrected chi connectivity index (χ2v) is 6.23. The molecule has 1 aliphatic rings. The van der Waals surface area contributed by atoms with Crippen LogP contribution in [0.2, 0.25) is 5.15 Å². The number of hydrogen-bond donors (Lipinski definition) is 1. The summed E-state index contributed by atoms with van der Waals surface area (Å²) in [5.41, 5.74) is 6.85. The number of rotatable bonds is 6. The van der Waals surface area contributed by atoms with Crippen LogP contribution in [0.1, 0.15) is 37.4 Å². The minimum absolute atomic E-state index is 0.134. The van der Waals surface area contributed by atoms with Gasteiger partial charge in [-0.25, -0.2) is 0 Å². The molecule has 2 heterocycles. The van der Waals surface area contributed by atoms with E-state index >= 15 is 0 Å². The number of carbonyl (C=O) groups excluding carboxylic acids is 2. The average molecular weight is 339 g/mol. The van der Waals surface area contributed by atoms with Crippen LogP contribution in [-0.4, -0.2) is 39.6 Å². The molecule has 1 atom stereocenters. The van der Waals surface area contributed by atoms with Crippen LogP contribution >= 0.6 is 11.6 Å². The number of primary amides is 1. The summed E-state index contributed by atoms with van der Waals surface area (Å²) >= 11 is 6.34. The first kappa shape index (κ1) is 17.5. The van der Waals surface area contributed by atoms with Crippen LogP contribution in [0.5, 0.6) is 0 Å². The first-order valence-corrected chi connectivity index (χ1v) is 8.31. The summed E-state index contributed by atoms with van der Waals surface area (Å²) in [7, 11) is 0. The van der Waals surface area contributed by atoms with Crippen molar-refractivity contribution in [2.45, 2.75) is 39.7 Å². The summed E-state index contributed by atoms with van der Waals surface area (Å²) in [5.74, 6) is -0.722. The molecule has 0 bridgehead atoms. The standard InChI is InChI=1S/C16H23ClN4O2/c1-3-4-8-21-15(17)13(11(2)19-21)5-6-14(22)20-9-7-12(10-20)16(18)23/h5-6,12H,3-4,7-10H2,1-2H3,(H2,18,23)/b6-5-/t12-/m1/s1. The third kappa shape index (κ3) is 4.13. The highest BCUT2D eigenvalue weighted by atomic mass is 35.5. The third-order valence-electron chi connectivity index (χ3n) is 4.13. The summed E-state index contributed by atoms with van der Waals surface area (Å²) in [5, 5.41) is 4.96. The first-order valence-electron chi connectivity index (χ1n) is 7.93. The van der Waals surface area contributed by atoms with Gasteiger partial charge in [-0.3, -0.25) is 14.3 Å². The second-order valence-electron chi connectivity index (χ2n) is 5.87. The fraction of sp³-hybridized carbons (Fsp3) is 0.562. The number of hydrogen-bond acceptors (Lipinski definition) is 3. The van der Waals surface area contributed by atoms with Crippen molar-refractivity contribution < 1.29 is 9.59 Å². The monoisotopic (exact) mass is 338 g/mol. The minimum Gasteiger partial charge on any atom is -0.369 e. The number of aromatic nitrogens is 2. The largest absolute Gasteiger partial charge is 0.369 e. The lowest BCUT2D eigenvalue weighted by atomic mass is 10.1. The Labute approximate surface area is 141 Å². The van der Waals surface area contributed by atoms with E-state index in [2.05, 4.69) is 12.0 Å². The smallest absolute Gasteiger partial charge is 0.246 e. The van der Waals surface area contributed by atoms with Gasteiger partial charge >= 0.3 is 0 Å². The molecule has 0 aromatic carbocycles. The van der Waals surface area contributed by atoms with Gasteiger partial charge in [-0.05, 0) is 25.8 Å². The van der Waals surface area contributed by atoms with E-state index in [-0.39, 0.29) is 17.7 Å². The van der Waals surface area contributed by atoms with Crippen LogP contribution in [0.25, 0.3) is 6.08 Å². The molecule has 1 aromatic rings. The Balaban J connectivity index is 2.04. The Morgan fingerprint density at radius 2 is 2.22 bits per heavy atom. The van der Waals surface area contributed by atoms with Gasteiger partial charge in [0.15, 0.2) is 0 Å². The molecule has 126 valence electrons. The predicted molar refractivity (Wildman–Crippen MR) is 89.8 cm³/mol. The Morgan fingerprint density at radius 3 is 2.83 bits per heavy atom. The van der Waals surface area contributed by atoms with Gasteiger partial charge in [0, 0.05) is 31.3 Å². The van der Waals surface area contributed by atoms with Gasteiger partial charge in [0.2, 0.25) is 11.8 Å². The normalized spacial score (nSPS) is 18.0. The van der Waals surface area contributed by atoms with Gasteiger partial charge < -0.3 is 10.6 Å². The van der Waals surface area contributed by atoms with Crippen LogP contribution in [-0.2, 0) is 16.1 Å². The zero-order valence-electron chi connectivity index (χ0n) is 13.6. The molecule has 0 radical (unpaired) electrons. The van der Waals surface area contributed by atoms with Gasteiger partial charge in [0.05, 0.1) is 11.6 Å². The molecule has 2 rings (SSSR count). The highest BCUT2D eigenvalue weighted by Gasteiger charge is 2.28. The fourth-order valence-corrected chi connectivity index (χ4v) is 2.99. The van der Waals surface area contributed by atoms with Crippen LogP contribution in [0, 0.1) is 12.8 Å². The van der Waals surface area contributed by atoms with Crippen LogP contribution in [0.4, 0.5) is 0 Å². The molecule has 1 saturated heterocycles. The molecule has 1 fully saturated rings. The number of nitrogens with two attached hydrogens (primary N) is 1. The van der Waals surface area contributed by atoms with Crippen molar-refractivity contribution in [2.24, 2.45) is 11.7 Å². The molecule has 0 aliphatic carbocycles. The van der Waals surface area contributed by atoms with Crippen molar-refractivity contribution in [2.75, 3.05) is 13.1 Å². The maximum atomic E-state index is 12.2. The van der Waals surface area contributed by atoms with E-state index in [4.69, 9.17) is 17.3 Å². The molecule has 6 nitrogen and oxygen atoms in total. The number of carbonyl (C=O) groups is 2. The molecule has 0 unspecified atom stereocenters. The van der Waals surface area contributed by atoms with Crippen LogP contribution in [0.15, 0.2) is 6.08 Å². The molecule has 1 aliphatic heterocycles. The summed E-state index contributed by atoms with van der Waals surface area (Å²) in [6.07, 6.45) is 5.89. The van der Waals surface area contributed by atoms with Gasteiger partial charge in [0.25, 0.3) is 0 Å². The molecule has 0 saturated carbocycles. The molecule has 23 heavy (non-hydrogen) atoms. The van der Waals surface area contributed by atoms with Crippen molar-refractivity contribution in [3.05, 3.63) is 22.5 Å². The SMILES string of the molecule is CCCCn1nc(C)c(/C=C\C(=O)N2CC[C@@H](C(N)=O)C2)c1Cl. The number of unbranched alkanes of at least 4 members (excludes halogenated alkanes) is 1. The zero-order chi connectivity index (χ0) is 17.0. The quantitative estimate of drug-likeness (QED) is 0.805. The van der Waals surface area contributed by atoms with Crippen LogP contribution in [0.3, 0.4) is 0 Å². The maximum absolute atomic E-state index is 12.2. The summed E-state index contributed by atoms with van der Waals surface area (Å²) in [6, 6.07) is 0. The van der Waals surface area contributed by atoms with Crippen molar-refractivity contribution in [3.8, 4) is 0 Å². The molecular weight excluding hydrogens is 316 g/mol. The highest BCUT2D eigenvalue weighted by Crippen LogP contribution is 2.22. The van der Waals surface area contributed by atoms with E-state index in [1.807, 2.05) is 6.92 Å². The first-order chi connectivity index (χ1) is 10.9. The average Bonchev–Trinajstić information content (AvgIpc) is 3.09. The Bertz CT molecular complexity index is 624. The van der Waals surface area contributed by atoms with E-state index < -0.39 is 0 Å². The van der Waals surface area contributed by atoms with E-state index in [0.717, 1.165) is 30.6 Å². The predicted octanol–water partition coefficient (Wildman–Crippen LogP) is 1.99. The number of halogens is 1. The summed E-state index contributed by atoms with van der Waals surface area (Å²) in [4.78, 5) is 25.0.